The first-order valence-corrected chi connectivity index (χ1v) is 8.00. The van der Waals surface area contributed by atoms with Gasteiger partial charge in [-0.25, -0.2) is 4.79 Å². The van der Waals surface area contributed by atoms with Crippen LogP contribution in [0.3, 0.4) is 0 Å². The lowest BCUT2D eigenvalue weighted by Crippen LogP contribution is -2.40. The number of nitrogens with one attached hydrogen (secondary N) is 2. The van der Waals surface area contributed by atoms with Crippen molar-refractivity contribution in [2.45, 2.75) is 38.2 Å². The summed E-state index contributed by atoms with van der Waals surface area (Å²) in [5.41, 5.74) is 1.16. The first kappa shape index (κ1) is 16.6. The lowest BCUT2D eigenvalue weighted by Gasteiger charge is -2.25. The highest BCUT2D eigenvalue weighted by molar-refractivity contribution is 5.73. The van der Waals surface area contributed by atoms with Gasteiger partial charge in [-0.05, 0) is 49.3 Å². The predicted molar refractivity (Wildman–Crippen MR) is 86.1 cm³/mol. The molecule has 122 valence electrons. The van der Waals surface area contributed by atoms with Crippen LogP contribution in [0.15, 0.2) is 24.3 Å². The van der Waals surface area contributed by atoms with Crippen molar-refractivity contribution in [1.82, 2.24) is 10.6 Å². The summed E-state index contributed by atoms with van der Waals surface area (Å²) >= 11 is 0. The van der Waals surface area contributed by atoms with Gasteiger partial charge in [0.2, 0.25) is 0 Å². The maximum absolute atomic E-state index is 11.8. The molecule has 0 aliphatic heterocycles. The zero-order chi connectivity index (χ0) is 15.8. The number of methoxy groups -OCH3 is 1. The lowest BCUT2D eigenvalue weighted by molar-refractivity contribution is 0.101. The molecule has 22 heavy (non-hydrogen) atoms. The molecule has 0 saturated heterocycles. The molecule has 1 aromatic rings. The van der Waals surface area contributed by atoms with Gasteiger partial charge >= 0.3 is 6.03 Å². The summed E-state index contributed by atoms with van der Waals surface area (Å²) < 4.78 is 5.11. The Labute approximate surface area is 132 Å². The van der Waals surface area contributed by atoms with E-state index in [1.165, 1.54) is 0 Å². The highest BCUT2D eigenvalue weighted by Crippen LogP contribution is 2.23. The first-order valence-electron chi connectivity index (χ1n) is 8.00. The highest BCUT2D eigenvalue weighted by atomic mass is 16.5. The molecule has 1 saturated carbocycles. The van der Waals surface area contributed by atoms with Gasteiger partial charge in [-0.1, -0.05) is 18.6 Å². The molecular formula is C17H26N2O3. The van der Waals surface area contributed by atoms with Gasteiger partial charge in [0, 0.05) is 13.1 Å². The van der Waals surface area contributed by atoms with E-state index in [4.69, 9.17) is 4.74 Å². The molecule has 3 N–H and O–H groups in total. The smallest absolute Gasteiger partial charge is 0.314 e. The number of amides is 2. The van der Waals surface area contributed by atoms with Crippen LogP contribution in [0.1, 0.15) is 31.2 Å². The Balaban J connectivity index is 1.60. The quantitative estimate of drug-likeness (QED) is 0.753. The van der Waals surface area contributed by atoms with Crippen LogP contribution < -0.4 is 15.4 Å². The Kier molecular flexibility index (Phi) is 6.52. The van der Waals surface area contributed by atoms with E-state index in [1.54, 1.807) is 7.11 Å². The summed E-state index contributed by atoms with van der Waals surface area (Å²) in [5.74, 6) is 1.24. The number of hydrogen-bond acceptors (Lipinski definition) is 3. The summed E-state index contributed by atoms with van der Waals surface area (Å²) in [6.45, 7) is 1.25. The molecule has 2 unspecified atom stereocenters. The average Bonchev–Trinajstić information content (AvgIpc) is 2.54. The fourth-order valence-corrected chi connectivity index (χ4v) is 2.86. The largest absolute Gasteiger partial charge is 0.497 e. The molecule has 2 atom stereocenters. The molecule has 0 heterocycles. The zero-order valence-electron chi connectivity index (χ0n) is 13.2. The van der Waals surface area contributed by atoms with Crippen LogP contribution in [0, 0.1) is 5.92 Å². The molecular weight excluding hydrogens is 280 g/mol. The predicted octanol–water partition coefficient (Wildman–Crippen LogP) is 2.09. The second-order valence-electron chi connectivity index (χ2n) is 5.92. The van der Waals surface area contributed by atoms with Crippen molar-refractivity contribution in [1.29, 1.82) is 0 Å². The molecule has 2 rings (SSSR count). The van der Waals surface area contributed by atoms with Gasteiger partial charge in [-0.15, -0.1) is 0 Å². The fraction of sp³-hybridized carbons (Fsp3) is 0.588. The molecule has 5 nitrogen and oxygen atoms in total. The van der Waals surface area contributed by atoms with Gasteiger partial charge in [0.1, 0.15) is 5.75 Å². The molecule has 1 aliphatic rings. The van der Waals surface area contributed by atoms with Crippen LogP contribution in [-0.2, 0) is 6.42 Å². The van der Waals surface area contributed by atoms with Crippen LogP contribution in [-0.4, -0.2) is 37.4 Å². The van der Waals surface area contributed by atoms with Crippen molar-refractivity contribution in [3.63, 3.8) is 0 Å². The Morgan fingerprint density at radius 1 is 1.27 bits per heavy atom. The molecule has 0 aromatic heterocycles. The summed E-state index contributed by atoms with van der Waals surface area (Å²) in [7, 11) is 1.65. The number of benzene rings is 1. The highest BCUT2D eigenvalue weighted by Gasteiger charge is 2.20. The SMILES string of the molecule is COc1ccc(CCNC(=O)NCC2CCCC(O)C2)cc1. The van der Waals surface area contributed by atoms with Crippen LogP contribution in [0.5, 0.6) is 5.75 Å². The van der Waals surface area contributed by atoms with Crippen LogP contribution in [0.25, 0.3) is 0 Å². The lowest BCUT2D eigenvalue weighted by atomic mass is 9.87. The third-order valence-corrected chi connectivity index (χ3v) is 4.16. The molecule has 0 bridgehead atoms. The van der Waals surface area contributed by atoms with E-state index in [2.05, 4.69) is 10.6 Å². The minimum Gasteiger partial charge on any atom is -0.497 e. The second-order valence-corrected chi connectivity index (χ2v) is 5.92. The van der Waals surface area contributed by atoms with E-state index in [9.17, 15) is 9.90 Å². The minimum atomic E-state index is -0.196. The molecule has 1 aromatic carbocycles. The molecule has 5 heteroatoms. The van der Waals surface area contributed by atoms with Crippen molar-refractivity contribution < 1.29 is 14.6 Å². The van der Waals surface area contributed by atoms with Crippen molar-refractivity contribution >= 4 is 6.03 Å². The zero-order valence-corrected chi connectivity index (χ0v) is 13.2. The molecule has 2 amide bonds. The topological polar surface area (TPSA) is 70.6 Å². The van der Waals surface area contributed by atoms with Gasteiger partial charge in [0.15, 0.2) is 0 Å². The molecule has 0 radical (unpaired) electrons. The fourth-order valence-electron chi connectivity index (χ4n) is 2.86. The number of carbonyl (C=O) groups is 1. The Hall–Kier alpha value is -1.75. The van der Waals surface area contributed by atoms with E-state index in [0.717, 1.165) is 43.4 Å². The van der Waals surface area contributed by atoms with E-state index in [-0.39, 0.29) is 12.1 Å². The van der Waals surface area contributed by atoms with Crippen LogP contribution in [0.2, 0.25) is 0 Å². The Morgan fingerprint density at radius 2 is 2.05 bits per heavy atom. The third kappa shape index (κ3) is 5.56. The van der Waals surface area contributed by atoms with Gasteiger partial charge in [0.25, 0.3) is 0 Å². The van der Waals surface area contributed by atoms with Gasteiger partial charge < -0.3 is 20.5 Å². The summed E-state index contributed by atoms with van der Waals surface area (Å²) in [5, 5.41) is 15.4. The summed E-state index contributed by atoms with van der Waals surface area (Å²) in [4.78, 5) is 11.8. The number of hydrogen-bond donors (Lipinski definition) is 3. The third-order valence-electron chi connectivity index (χ3n) is 4.16. The number of aliphatic hydroxyl groups is 1. The van der Waals surface area contributed by atoms with E-state index >= 15 is 0 Å². The Bertz CT molecular complexity index is 461. The van der Waals surface area contributed by atoms with Crippen molar-refractivity contribution in [2.75, 3.05) is 20.2 Å². The van der Waals surface area contributed by atoms with E-state index in [0.29, 0.717) is 19.0 Å². The number of rotatable bonds is 6. The van der Waals surface area contributed by atoms with E-state index < -0.39 is 0 Å². The summed E-state index contributed by atoms with van der Waals surface area (Å²) in [6.07, 6.45) is 4.42. The normalized spacial score (nSPS) is 21.2. The average molecular weight is 306 g/mol. The maximum Gasteiger partial charge on any atom is 0.314 e. The Morgan fingerprint density at radius 3 is 2.73 bits per heavy atom. The second kappa shape index (κ2) is 8.63. The molecule has 0 spiro atoms. The monoisotopic (exact) mass is 306 g/mol. The molecule has 1 aliphatic carbocycles. The maximum atomic E-state index is 11.8. The number of ether oxygens (including phenoxy) is 1. The van der Waals surface area contributed by atoms with Gasteiger partial charge in [0.05, 0.1) is 13.2 Å². The number of aliphatic hydroxyl groups excluding tert-OH is 1. The van der Waals surface area contributed by atoms with Crippen LogP contribution in [0.4, 0.5) is 4.79 Å². The van der Waals surface area contributed by atoms with Gasteiger partial charge in [-0.2, -0.15) is 0 Å². The minimum absolute atomic E-state index is 0.131. The first-order chi connectivity index (χ1) is 10.7. The van der Waals surface area contributed by atoms with Crippen molar-refractivity contribution in [2.24, 2.45) is 5.92 Å². The van der Waals surface area contributed by atoms with Crippen molar-refractivity contribution in [3.8, 4) is 5.75 Å². The van der Waals surface area contributed by atoms with Gasteiger partial charge in [-0.3, -0.25) is 0 Å². The van der Waals surface area contributed by atoms with E-state index in [1.807, 2.05) is 24.3 Å². The number of urea groups is 1. The molecule has 1 fully saturated rings. The van der Waals surface area contributed by atoms with Crippen molar-refractivity contribution in [3.05, 3.63) is 29.8 Å². The standard InChI is InChI=1S/C17H26N2O3/c1-22-16-7-5-13(6-8-16)9-10-18-17(21)19-12-14-3-2-4-15(20)11-14/h5-8,14-15,20H,2-4,9-12H2,1H3,(H2,18,19,21). The summed E-state index contributed by atoms with van der Waals surface area (Å²) in [6, 6.07) is 7.71. The number of carbonyl (C=O) groups excluding carboxylic acids is 1. The van der Waals surface area contributed by atoms with Crippen LogP contribution >= 0.6 is 0 Å².